The van der Waals surface area contributed by atoms with E-state index in [-0.39, 0.29) is 6.54 Å². The van der Waals surface area contributed by atoms with Crippen molar-refractivity contribution in [1.29, 1.82) is 0 Å². The highest BCUT2D eigenvalue weighted by atomic mass is 16.4. The van der Waals surface area contributed by atoms with Crippen molar-refractivity contribution in [3.63, 3.8) is 0 Å². The molecular weight excluding hydrogens is 256 g/mol. The SMILES string of the molecule is Cc1nc2ccccc2nc1N1CCC(N)(C(=O)O)C1. The fourth-order valence-electron chi connectivity index (χ4n) is 2.57. The molecule has 1 saturated heterocycles. The number of aromatic nitrogens is 2. The fraction of sp³-hybridized carbons (Fsp3) is 0.357. The molecule has 1 aliphatic rings. The summed E-state index contributed by atoms with van der Waals surface area (Å²) >= 11 is 0. The zero-order chi connectivity index (χ0) is 14.3. The van der Waals surface area contributed by atoms with Crippen LogP contribution in [-0.2, 0) is 4.79 Å². The summed E-state index contributed by atoms with van der Waals surface area (Å²) in [5.41, 5.74) is 7.14. The molecule has 3 rings (SSSR count). The number of carbonyl (C=O) groups is 1. The van der Waals surface area contributed by atoms with Crippen LogP contribution in [0.4, 0.5) is 5.82 Å². The van der Waals surface area contributed by atoms with Gasteiger partial charge in [-0.3, -0.25) is 4.79 Å². The summed E-state index contributed by atoms with van der Waals surface area (Å²) in [4.78, 5) is 22.2. The largest absolute Gasteiger partial charge is 0.480 e. The van der Waals surface area contributed by atoms with Gasteiger partial charge in [0.05, 0.1) is 16.7 Å². The summed E-state index contributed by atoms with van der Waals surface area (Å²) in [6, 6.07) is 7.63. The molecular formula is C14H16N4O2. The van der Waals surface area contributed by atoms with E-state index in [1.54, 1.807) is 0 Å². The molecule has 6 heteroatoms. The number of hydrogen-bond donors (Lipinski definition) is 2. The van der Waals surface area contributed by atoms with Gasteiger partial charge in [-0.15, -0.1) is 0 Å². The summed E-state index contributed by atoms with van der Waals surface area (Å²) in [5, 5.41) is 9.19. The van der Waals surface area contributed by atoms with Gasteiger partial charge in [-0.05, 0) is 25.5 Å². The molecule has 1 unspecified atom stereocenters. The summed E-state index contributed by atoms with van der Waals surface area (Å²) in [6.07, 6.45) is 0.413. The molecule has 1 aliphatic heterocycles. The number of hydrogen-bond acceptors (Lipinski definition) is 5. The molecule has 0 radical (unpaired) electrons. The smallest absolute Gasteiger partial charge is 0.325 e. The van der Waals surface area contributed by atoms with Gasteiger partial charge in [-0.2, -0.15) is 0 Å². The van der Waals surface area contributed by atoms with Gasteiger partial charge >= 0.3 is 5.97 Å². The number of carboxylic acid groups (broad SMARTS) is 1. The van der Waals surface area contributed by atoms with Crippen LogP contribution in [0.1, 0.15) is 12.1 Å². The quantitative estimate of drug-likeness (QED) is 0.845. The Bertz CT molecular complexity index is 688. The molecule has 20 heavy (non-hydrogen) atoms. The van der Waals surface area contributed by atoms with Gasteiger partial charge in [-0.25, -0.2) is 9.97 Å². The van der Waals surface area contributed by atoms with Gasteiger partial charge in [0.1, 0.15) is 5.54 Å². The van der Waals surface area contributed by atoms with Crippen molar-refractivity contribution in [1.82, 2.24) is 9.97 Å². The maximum atomic E-state index is 11.2. The standard InChI is InChI=1S/C14H16N4O2/c1-9-12(17-11-5-3-2-4-10(11)16-9)18-7-6-14(15,8-18)13(19)20/h2-5H,6-8,15H2,1H3,(H,19,20). The Kier molecular flexibility index (Phi) is 2.83. The van der Waals surface area contributed by atoms with Crippen LogP contribution in [0.25, 0.3) is 11.0 Å². The third-order valence-electron chi connectivity index (χ3n) is 3.75. The van der Waals surface area contributed by atoms with E-state index in [2.05, 4.69) is 9.97 Å². The third-order valence-corrected chi connectivity index (χ3v) is 3.75. The lowest BCUT2D eigenvalue weighted by molar-refractivity contribution is -0.142. The van der Waals surface area contributed by atoms with E-state index < -0.39 is 11.5 Å². The number of nitrogens with two attached hydrogens (primary N) is 1. The summed E-state index contributed by atoms with van der Waals surface area (Å²) < 4.78 is 0. The number of carboxylic acids is 1. The van der Waals surface area contributed by atoms with Crippen LogP contribution in [0.15, 0.2) is 24.3 Å². The zero-order valence-corrected chi connectivity index (χ0v) is 11.2. The van der Waals surface area contributed by atoms with E-state index in [1.165, 1.54) is 0 Å². The van der Waals surface area contributed by atoms with Crippen molar-refractivity contribution in [3.8, 4) is 0 Å². The van der Waals surface area contributed by atoms with Crippen LogP contribution in [0.3, 0.4) is 0 Å². The number of benzene rings is 1. The number of aryl methyl sites for hydroxylation is 1. The Morgan fingerprint density at radius 3 is 2.60 bits per heavy atom. The van der Waals surface area contributed by atoms with Gasteiger partial charge in [0.2, 0.25) is 0 Å². The number of nitrogens with zero attached hydrogens (tertiary/aromatic N) is 3. The number of para-hydroxylation sites is 2. The van der Waals surface area contributed by atoms with Crippen LogP contribution in [0.5, 0.6) is 0 Å². The number of fused-ring (bicyclic) bond motifs is 1. The molecule has 0 saturated carbocycles. The highest BCUT2D eigenvalue weighted by Gasteiger charge is 2.42. The highest BCUT2D eigenvalue weighted by Crippen LogP contribution is 2.27. The van der Waals surface area contributed by atoms with Crippen molar-refractivity contribution in [2.75, 3.05) is 18.0 Å². The first-order valence-electron chi connectivity index (χ1n) is 6.50. The minimum Gasteiger partial charge on any atom is -0.480 e. The molecule has 1 fully saturated rings. The first-order chi connectivity index (χ1) is 9.49. The van der Waals surface area contributed by atoms with Crippen molar-refractivity contribution >= 4 is 22.8 Å². The normalized spacial score (nSPS) is 22.4. The Morgan fingerprint density at radius 2 is 2.00 bits per heavy atom. The van der Waals surface area contributed by atoms with Crippen LogP contribution in [0.2, 0.25) is 0 Å². The van der Waals surface area contributed by atoms with Crippen LogP contribution >= 0.6 is 0 Å². The maximum absolute atomic E-state index is 11.2. The lowest BCUT2D eigenvalue weighted by Crippen LogP contribution is -2.50. The molecule has 3 N–H and O–H groups in total. The van der Waals surface area contributed by atoms with Crippen LogP contribution in [0, 0.1) is 6.92 Å². The van der Waals surface area contributed by atoms with Gasteiger partial charge in [-0.1, -0.05) is 12.1 Å². The number of rotatable bonds is 2. The lowest BCUT2D eigenvalue weighted by atomic mass is 10.0. The van der Waals surface area contributed by atoms with Crippen LogP contribution < -0.4 is 10.6 Å². The Labute approximate surface area is 116 Å². The maximum Gasteiger partial charge on any atom is 0.325 e. The van der Waals surface area contributed by atoms with Crippen molar-refractivity contribution in [3.05, 3.63) is 30.0 Å². The molecule has 104 valence electrons. The number of anilines is 1. The van der Waals surface area contributed by atoms with Gasteiger partial charge in [0.25, 0.3) is 0 Å². The summed E-state index contributed by atoms with van der Waals surface area (Å²) in [5.74, 6) is -0.247. The molecule has 0 spiro atoms. The van der Waals surface area contributed by atoms with Crippen LogP contribution in [-0.4, -0.2) is 39.7 Å². The molecule has 1 atom stereocenters. The number of aliphatic carboxylic acids is 1. The van der Waals surface area contributed by atoms with E-state index in [1.807, 2.05) is 36.1 Å². The van der Waals surface area contributed by atoms with E-state index in [4.69, 9.17) is 5.73 Å². The topological polar surface area (TPSA) is 92.3 Å². The molecule has 1 aromatic carbocycles. The minimum absolute atomic E-state index is 0.260. The van der Waals surface area contributed by atoms with E-state index >= 15 is 0 Å². The fourth-order valence-corrected chi connectivity index (χ4v) is 2.57. The summed E-state index contributed by atoms with van der Waals surface area (Å²) in [7, 11) is 0. The van der Waals surface area contributed by atoms with Crippen molar-refractivity contribution in [2.45, 2.75) is 18.9 Å². The zero-order valence-electron chi connectivity index (χ0n) is 11.2. The van der Waals surface area contributed by atoms with Gasteiger partial charge in [0.15, 0.2) is 5.82 Å². The second-order valence-corrected chi connectivity index (χ2v) is 5.25. The second-order valence-electron chi connectivity index (χ2n) is 5.25. The van der Waals surface area contributed by atoms with Crippen molar-refractivity contribution in [2.24, 2.45) is 5.73 Å². The average Bonchev–Trinajstić information content (AvgIpc) is 2.82. The molecule has 0 aliphatic carbocycles. The Morgan fingerprint density at radius 1 is 1.35 bits per heavy atom. The third kappa shape index (κ3) is 1.98. The molecule has 2 aromatic rings. The molecule has 1 aromatic heterocycles. The Balaban J connectivity index is 1.99. The lowest BCUT2D eigenvalue weighted by Gasteiger charge is -2.22. The minimum atomic E-state index is -1.19. The predicted octanol–water partition coefficient (Wildman–Crippen LogP) is 0.930. The molecule has 2 heterocycles. The van der Waals surface area contributed by atoms with Crippen molar-refractivity contribution < 1.29 is 9.90 Å². The molecule has 6 nitrogen and oxygen atoms in total. The highest BCUT2D eigenvalue weighted by molar-refractivity contribution is 5.81. The van der Waals surface area contributed by atoms with Gasteiger partial charge < -0.3 is 15.7 Å². The first kappa shape index (κ1) is 12.8. The summed E-state index contributed by atoms with van der Waals surface area (Å²) in [6.45, 7) is 2.72. The second kappa shape index (κ2) is 4.42. The predicted molar refractivity (Wildman–Crippen MR) is 75.7 cm³/mol. The van der Waals surface area contributed by atoms with Gasteiger partial charge in [0, 0.05) is 13.1 Å². The molecule has 0 bridgehead atoms. The average molecular weight is 272 g/mol. The molecule has 0 amide bonds. The monoisotopic (exact) mass is 272 g/mol. The van der Waals surface area contributed by atoms with E-state index in [9.17, 15) is 9.90 Å². The first-order valence-corrected chi connectivity index (χ1v) is 6.50. The van der Waals surface area contributed by atoms with E-state index in [0.717, 1.165) is 22.5 Å². The Hall–Kier alpha value is -2.21. The van der Waals surface area contributed by atoms with E-state index in [0.29, 0.717) is 13.0 Å².